The van der Waals surface area contributed by atoms with E-state index in [2.05, 4.69) is 31.5 Å². The third kappa shape index (κ3) is 6.00. The van der Waals surface area contributed by atoms with Crippen molar-refractivity contribution in [1.82, 2.24) is 0 Å². The quantitative estimate of drug-likeness (QED) is 0.367. The zero-order valence-electron chi connectivity index (χ0n) is 11.4. The Morgan fingerprint density at radius 3 is 2.41 bits per heavy atom. The van der Waals surface area contributed by atoms with Crippen molar-refractivity contribution in [2.24, 2.45) is 4.99 Å². The summed E-state index contributed by atoms with van der Waals surface area (Å²) in [5.74, 6) is -0.0309. The Morgan fingerprint density at radius 1 is 1.35 bits per heavy atom. The molecule has 94 valence electrons. The molecular formula is C15H23NO. The van der Waals surface area contributed by atoms with E-state index >= 15 is 0 Å². The van der Waals surface area contributed by atoms with E-state index in [1.165, 1.54) is 12.5 Å². The lowest BCUT2D eigenvalue weighted by Crippen LogP contribution is -1.96. The normalized spacial score (nSPS) is 13.2. The molecule has 0 amide bonds. The van der Waals surface area contributed by atoms with Gasteiger partial charge in [0.05, 0.1) is 0 Å². The Bertz CT molecular complexity index is 359. The van der Waals surface area contributed by atoms with Crippen LogP contribution in [0.3, 0.4) is 0 Å². The highest BCUT2D eigenvalue weighted by atomic mass is 16.1. The third-order valence-electron chi connectivity index (χ3n) is 2.32. The van der Waals surface area contributed by atoms with Gasteiger partial charge in [0.15, 0.2) is 5.78 Å². The van der Waals surface area contributed by atoms with Crippen LogP contribution in [-0.4, -0.2) is 12.0 Å². The minimum absolute atomic E-state index is 0.0309. The number of ketones is 1. The van der Waals surface area contributed by atoms with Gasteiger partial charge in [-0.05, 0) is 37.0 Å². The molecular weight excluding hydrogens is 210 g/mol. The van der Waals surface area contributed by atoms with E-state index in [1.54, 1.807) is 19.2 Å². The number of nitrogens with zero attached hydrogens (tertiary/aromatic N) is 1. The van der Waals surface area contributed by atoms with Crippen molar-refractivity contribution >= 4 is 12.0 Å². The molecule has 0 saturated carbocycles. The molecule has 17 heavy (non-hydrogen) atoms. The molecule has 0 rings (SSSR count). The molecule has 0 bridgehead atoms. The van der Waals surface area contributed by atoms with Crippen LogP contribution < -0.4 is 0 Å². The minimum Gasteiger partial charge on any atom is -0.293 e. The average Bonchev–Trinajstić information content (AvgIpc) is 2.28. The minimum atomic E-state index is -0.0309. The molecule has 2 nitrogen and oxygen atoms in total. The number of aliphatic imine (C=N–C) groups is 1. The number of Topliss-reactive ketones (excluding diaryl/α,β-unsaturated/α-hetero) is 1. The van der Waals surface area contributed by atoms with Crippen LogP contribution in [0, 0.1) is 0 Å². The number of allylic oxidation sites excluding steroid dienone is 5. The van der Waals surface area contributed by atoms with E-state index in [0.717, 1.165) is 24.8 Å². The van der Waals surface area contributed by atoms with E-state index < -0.39 is 0 Å². The summed E-state index contributed by atoms with van der Waals surface area (Å²) in [7, 11) is 0. The van der Waals surface area contributed by atoms with Crippen LogP contribution in [0.25, 0.3) is 0 Å². The Balaban J connectivity index is 5.06. The predicted octanol–water partition coefficient (Wildman–Crippen LogP) is 4.24. The first-order valence-electron chi connectivity index (χ1n) is 6.16. The second kappa shape index (κ2) is 8.68. The van der Waals surface area contributed by atoms with Gasteiger partial charge >= 0.3 is 0 Å². The lowest BCUT2D eigenvalue weighted by atomic mass is 10.0. The standard InChI is InChI=1S/C15H23NO/c1-6-9-14(10-7-2)12(4)11-15(13(5)17)16-8-3/h8-9,11H,4,6-7,10H2,1-3,5H3/b14-9+,15-11-,16-8?. The first kappa shape index (κ1) is 15.6. The third-order valence-corrected chi connectivity index (χ3v) is 2.32. The molecule has 2 heteroatoms. The van der Waals surface area contributed by atoms with E-state index in [-0.39, 0.29) is 5.78 Å². The lowest BCUT2D eigenvalue weighted by molar-refractivity contribution is -0.113. The highest BCUT2D eigenvalue weighted by Gasteiger charge is 2.04. The highest BCUT2D eigenvalue weighted by molar-refractivity contribution is 5.94. The van der Waals surface area contributed by atoms with Crippen LogP contribution in [0.5, 0.6) is 0 Å². The number of rotatable bonds is 7. The second-order valence-corrected chi connectivity index (χ2v) is 3.89. The number of hydrogen-bond donors (Lipinski definition) is 0. The van der Waals surface area contributed by atoms with E-state index in [0.29, 0.717) is 5.70 Å². The molecule has 0 atom stereocenters. The average molecular weight is 233 g/mol. The maximum Gasteiger partial charge on any atom is 0.178 e. The molecule has 0 aromatic carbocycles. The molecule has 0 heterocycles. The van der Waals surface area contributed by atoms with Gasteiger partial charge in [0.1, 0.15) is 5.70 Å². The fraction of sp³-hybridized carbons (Fsp3) is 0.467. The molecule has 0 unspecified atom stereocenters. The van der Waals surface area contributed by atoms with Crippen LogP contribution >= 0.6 is 0 Å². The summed E-state index contributed by atoms with van der Waals surface area (Å²) in [6.45, 7) is 11.6. The topological polar surface area (TPSA) is 29.4 Å². The lowest BCUT2D eigenvalue weighted by Gasteiger charge is -2.06. The molecule has 0 radical (unpaired) electrons. The summed E-state index contributed by atoms with van der Waals surface area (Å²) in [6.07, 6.45) is 8.61. The largest absolute Gasteiger partial charge is 0.293 e. The van der Waals surface area contributed by atoms with Gasteiger partial charge in [0, 0.05) is 13.1 Å². The molecule has 0 aliphatic rings. The monoisotopic (exact) mass is 233 g/mol. The van der Waals surface area contributed by atoms with Crippen LogP contribution in [0.15, 0.2) is 40.6 Å². The van der Waals surface area contributed by atoms with Crippen molar-refractivity contribution < 1.29 is 4.79 Å². The van der Waals surface area contributed by atoms with Crippen molar-refractivity contribution in [3.05, 3.63) is 35.6 Å². The summed E-state index contributed by atoms with van der Waals surface area (Å²) < 4.78 is 0. The summed E-state index contributed by atoms with van der Waals surface area (Å²) in [6, 6.07) is 0. The summed E-state index contributed by atoms with van der Waals surface area (Å²) in [4.78, 5) is 15.4. The zero-order valence-corrected chi connectivity index (χ0v) is 11.4. The molecule has 0 spiro atoms. The summed E-state index contributed by atoms with van der Waals surface area (Å²) in [5, 5.41) is 0. The van der Waals surface area contributed by atoms with Crippen LogP contribution in [0.2, 0.25) is 0 Å². The number of carbonyl (C=O) groups excluding carboxylic acids is 1. The Morgan fingerprint density at radius 2 is 2.00 bits per heavy atom. The van der Waals surface area contributed by atoms with Crippen LogP contribution in [-0.2, 0) is 4.79 Å². The van der Waals surface area contributed by atoms with Crippen molar-refractivity contribution in [3.63, 3.8) is 0 Å². The van der Waals surface area contributed by atoms with Crippen LogP contribution in [0.1, 0.15) is 47.0 Å². The fourth-order valence-corrected chi connectivity index (χ4v) is 1.54. The second-order valence-electron chi connectivity index (χ2n) is 3.89. The molecule has 0 fully saturated rings. The van der Waals surface area contributed by atoms with Crippen molar-refractivity contribution in [2.45, 2.75) is 47.0 Å². The molecule has 0 aliphatic carbocycles. The maximum atomic E-state index is 11.4. The molecule has 0 N–H and O–H groups in total. The van der Waals surface area contributed by atoms with Gasteiger partial charge in [0.2, 0.25) is 0 Å². The highest BCUT2D eigenvalue weighted by Crippen LogP contribution is 2.18. The number of carbonyl (C=O) groups is 1. The maximum absolute atomic E-state index is 11.4. The summed E-state index contributed by atoms with van der Waals surface area (Å²) >= 11 is 0. The first-order chi connectivity index (χ1) is 8.06. The Kier molecular flexibility index (Phi) is 7.95. The van der Waals surface area contributed by atoms with Gasteiger partial charge < -0.3 is 0 Å². The van der Waals surface area contributed by atoms with Crippen molar-refractivity contribution in [2.75, 3.05) is 0 Å². The predicted molar refractivity (Wildman–Crippen MR) is 75.4 cm³/mol. The van der Waals surface area contributed by atoms with Gasteiger partial charge in [-0.1, -0.05) is 32.9 Å². The summed E-state index contributed by atoms with van der Waals surface area (Å²) in [5.41, 5.74) is 2.57. The molecule has 0 aromatic heterocycles. The van der Waals surface area contributed by atoms with Crippen molar-refractivity contribution in [1.29, 1.82) is 0 Å². The molecule has 0 saturated heterocycles. The number of hydrogen-bond acceptors (Lipinski definition) is 2. The Labute approximate surface area is 105 Å². The zero-order chi connectivity index (χ0) is 13.3. The molecule has 0 aliphatic heterocycles. The van der Waals surface area contributed by atoms with Gasteiger partial charge in [-0.15, -0.1) is 0 Å². The SMILES string of the molecule is C=C(/C=C(\N=CC)C(C)=O)/C(=C/CC)CCC. The van der Waals surface area contributed by atoms with E-state index in [9.17, 15) is 4.79 Å². The molecule has 0 aromatic rings. The first-order valence-corrected chi connectivity index (χ1v) is 6.16. The van der Waals surface area contributed by atoms with Gasteiger partial charge in [0.25, 0.3) is 0 Å². The van der Waals surface area contributed by atoms with Gasteiger partial charge in [-0.2, -0.15) is 0 Å². The fourth-order valence-electron chi connectivity index (χ4n) is 1.54. The Hall–Kier alpha value is -1.44. The smallest absolute Gasteiger partial charge is 0.178 e. The van der Waals surface area contributed by atoms with E-state index in [1.807, 2.05) is 0 Å². The van der Waals surface area contributed by atoms with Gasteiger partial charge in [-0.3, -0.25) is 9.79 Å². The van der Waals surface area contributed by atoms with Crippen molar-refractivity contribution in [3.8, 4) is 0 Å². The van der Waals surface area contributed by atoms with E-state index in [4.69, 9.17) is 0 Å². The van der Waals surface area contributed by atoms with Crippen LogP contribution in [0.4, 0.5) is 0 Å². The van der Waals surface area contributed by atoms with Gasteiger partial charge in [-0.25, -0.2) is 0 Å².